The minimum absolute atomic E-state index is 0.0681. The molecule has 0 spiro atoms. The van der Waals surface area contributed by atoms with Gasteiger partial charge < -0.3 is 5.32 Å². The summed E-state index contributed by atoms with van der Waals surface area (Å²) in [6.07, 6.45) is 4.46. The van der Waals surface area contributed by atoms with Crippen molar-refractivity contribution in [2.45, 2.75) is 38.4 Å². The first-order valence-corrected chi connectivity index (χ1v) is 7.05. The van der Waals surface area contributed by atoms with Gasteiger partial charge in [0.15, 0.2) is 0 Å². The first-order chi connectivity index (χ1) is 7.54. The summed E-state index contributed by atoms with van der Waals surface area (Å²) in [6, 6.07) is 2.18. The summed E-state index contributed by atoms with van der Waals surface area (Å²) >= 11 is 1.79. The molecule has 0 aliphatic heterocycles. The van der Waals surface area contributed by atoms with Crippen molar-refractivity contribution in [1.82, 2.24) is 5.32 Å². The van der Waals surface area contributed by atoms with Crippen molar-refractivity contribution in [3.63, 3.8) is 0 Å². The Morgan fingerprint density at radius 2 is 2.31 bits per heavy atom. The zero-order valence-corrected chi connectivity index (χ0v) is 11.1. The number of nitriles is 1. The van der Waals surface area contributed by atoms with E-state index in [2.05, 4.69) is 31.5 Å². The summed E-state index contributed by atoms with van der Waals surface area (Å²) in [4.78, 5) is 11.9. The summed E-state index contributed by atoms with van der Waals surface area (Å²) in [5, 5.41) is 12.5. The van der Waals surface area contributed by atoms with E-state index in [-0.39, 0.29) is 5.91 Å². The van der Waals surface area contributed by atoms with Gasteiger partial charge in [-0.05, 0) is 31.4 Å². The molecule has 0 aromatic rings. The molecule has 1 atom stereocenters. The summed E-state index contributed by atoms with van der Waals surface area (Å²) in [5.41, 5.74) is -0.720. The molecule has 0 heterocycles. The molecule has 1 rings (SSSR count). The molecule has 1 amide bonds. The molecule has 0 bridgehead atoms. The topological polar surface area (TPSA) is 52.9 Å². The summed E-state index contributed by atoms with van der Waals surface area (Å²) < 4.78 is 0. The van der Waals surface area contributed by atoms with E-state index < -0.39 is 5.41 Å². The molecule has 1 saturated carbocycles. The van der Waals surface area contributed by atoms with Gasteiger partial charge in [-0.2, -0.15) is 17.0 Å². The van der Waals surface area contributed by atoms with Crippen LogP contribution in [0.4, 0.5) is 0 Å². The number of rotatable bonds is 5. The van der Waals surface area contributed by atoms with E-state index in [0.717, 1.165) is 6.42 Å². The highest BCUT2D eigenvalue weighted by Crippen LogP contribution is 2.44. The van der Waals surface area contributed by atoms with Gasteiger partial charge in [-0.1, -0.05) is 13.8 Å². The van der Waals surface area contributed by atoms with Gasteiger partial charge in [0.1, 0.15) is 5.41 Å². The quantitative estimate of drug-likeness (QED) is 0.801. The van der Waals surface area contributed by atoms with Crippen molar-refractivity contribution in [1.29, 1.82) is 5.26 Å². The fourth-order valence-electron chi connectivity index (χ4n) is 2.13. The average molecular weight is 240 g/mol. The summed E-state index contributed by atoms with van der Waals surface area (Å²) in [7, 11) is 0. The van der Waals surface area contributed by atoms with E-state index in [1.165, 1.54) is 0 Å². The number of carbonyl (C=O) groups excluding carboxylic acids is 1. The molecule has 90 valence electrons. The van der Waals surface area contributed by atoms with Gasteiger partial charge in [-0.3, -0.25) is 4.79 Å². The van der Waals surface area contributed by atoms with Crippen LogP contribution >= 0.6 is 11.8 Å². The van der Waals surface area contributed by atoms with Gasteiger partial charge in [0, 0.05) is 11.8 Å². The maximum atomic E-state index is 11.9. The van der Waals surface area contributed by atoms with Gasteiger partial charge in [0.25, 0.3) is 0 Å². The Hall–Kier alpha value is -0.690. The monoisotopic (exact) mass is 240 g/mol. The van der Waals surface area contributed by atoms with E-state index in [4.69, 9.17) is 5.26 Å². The lowest BCUT2D eigenvalue weighted by Crippen LogP contribution is -2.48. The third-order valence-electron chi connectivity index (χ3n) is 3.28. The fraction of sp³-hybridized carbons (Fsp3) is 0.833. The number of hydrogen-bond donors (Lipinski definition) is 1. The van der Waals surface area contributed by atoms with Crippen molar-refractivity contribution in [3.05, 3.63) is 0 Å². The van der Waals surface area contributed by atoms with Crippen molar-refractivity contribution < 1.29 is 4.79 Å². The van der Waals surface area contributed by atoms with Crippen molar-refractivity contribution >= 4 is 17.7 Å². The summed E-state index contributed by atoms with van der Waals surface area (Å²) in [6.45, 7) is 4.90. The second-order valence-electron chi connectivity index (χ2n) is 4.80. The predicted molar refractivity (Wildman–Crippen MR) is 67.0 cm³/mol. The highest BCUT2D eigenvalue weighted by Gasteiger charge is 2.48. The number of carbonyl (C=O) groups is 1. The van der Waals surface area contributed by atoms with E-state index >= 15 is 0 Å². The number of thioether (sulfide) groups is 1. The molecule has 3 nitrogen and oxygen atoms in total. The molecule has 0 aromatic heterocycles. The maximum Gasteiger partial charge on any atom is 0.240 e. The number of hydrogen-bond acceptors (Lipinski definition) is 3. The van der Waals surface area contributed by atoms with Crippen molar-refractivity contribution in [3.8, 4) is 6.07 Å². The Balaban J connectivity index is 2.33. The first kappa shape index (κ1) is 13.4. The lowest BCUT2D eigenvalue weighted by Gasteiger charge is -2.39. The number of nitrogens with one attached hydrogen (secondary N) is 1. The molecule has 1 fully saturated rings. The third-order valence-corrected chi connectivity index (χ3v) is 4.32. The molecule has 16 heavy (non-hydrogen) atoms. The highest BCUT2D eigenvalue weighted by atomic mass is 32.2. The molecular formula is C12H20N2OS. The van der Waals surface area contributed by atoms with Gasteiger partial charge in [0.2, 0.25) is 5.91 Å². The fourth-order valence-corrected chi connectivity index (χ4v) is 2.49. The standard InChI is InChI=1S/C12H20N2OS/c1-9-6-12(7-9,8-13)11(15)14-5-4-10(2)16-3/h9-10H,4-7H2,1-3H3,(H,14,15). The second-order valence-corrected chi connectivity index (χ2v) is 6.07. The zero-order valence-electron chi connectivity index (χ0n) is 10.2. The molecule has 1 aliphatic carbocycles. The van der Waals surface area contributed by atoms with Gasteiger partial charge in [-0.25, -0.2) is 0 Å². The van der Waals surface area contributed by atoms with Crippen molar-refractivity contribution in [2.75, 3.05) is 12.8 Å². The summed E-state index contributed by atoms with van der Waals surface area (Å²) in [5.74, 6) is 0.442. The zero-order chi connectivity index (χ0) is 12.2. The van der Waals surface area contributed by atoms with Crippen LogP contribution in [0.25, 0.3) is 0 Å². The van der Waals surface area contributed by atoms with E-state index in [1.54, 1.807) is 11.8 Å². The van der Waals surface area contributed by atoms with Crippen LogP contribution in [0.1, 0.15) is 33.1 Å². The Labute approximate surface area is 102 Å². The van der Waals surface area contributed by atoms with Crippen LogP contribution in [0, 0.1) is 22.7 Å². The normalized spacial score (nSPS) is 30.0. The number of nitrogens with zero attached hydrogens (tertiary/aromatic N) is 1. The van der Waals surface area contributed by atoms with E-state index in [9.17, 15) is 4.79 Å². The molecular weight excluding hydrogens is 220 g/mol. The van der Waals surface area contributed by atoms with E-state index in [0.29, 0.717) is 30.6 Å². The Morgan fingerprint density at radius 3 is 2.75 bits per heavy atom. The van der Waals surface area contributed by atoms with Gasteiger partial charge in [0.05, 0.1) is 6.07 Å². The molecule has 0 radical (unpaired) electrons. The molecule has 0 saturated heterocycles. The van der Waals surface area contributed by atoms with Crippen molar-refractivity contribution in [2.24, 2.45) is 11.3 Å². The molecule has 1 N–H and O–H groups in total. The molecule has 1 unspecified atom stereocenters. The Morgan fingerprint density at radius 1 is 1.69 bits per heavy atom. The molecule has 4 heteroatoms. The van der Waals surface area contributed by atoms with Crippen LogP contribution in [-0.2, 0) is 4.79 Å². The van der Waals surface area contributed by atoms with Crippen LogP contribution in [0.5, 0.6) is 0 Å². The molecule has 1 aliphatic rings. The highest BCUT2D eigenvalue weighted by molar-refractivity contribution is 7.99. The van der Waals surface area contributed by atoms with Crippen LogP contribution < -0.4 is 5.32 Å². The minimum atomic E-state index is -0.720. The minimum Gasteiger partial charge on any atom is -0.355 e. The predicted octanol–water partition coefficient (Wildman–Crippen LogP) is 2.18. The van der Waals surface area contributed by atoms with Gasteiger partial charge >= 0.3 is 0 Å². The SMILES string of the molecule is CSC(C)CCNC(=O)C1(C#N)CC(C)C1. The lowest BCUT2D eigenvalue weighted by atomic mass is 9.63. The average Bonchev–Trinajstić information content (AvgIpc) is 2.23. The van der Waals surface area contributed by atoms with Crippen LogP contribution in [0.2, 0.25) is 0 Å². The van der Waals surface area contributed by atoms with Crippen LogP contribution in [0.3, 0.4) is 0 Å². The van der Waals surface area contributed by atoms with Crippen LogP contribution in [-0.4, -0.2) is 24.0 Å². The van der Waals surface area contributed by atoms with Crippen LogP contribution in [0.15, 0.2) is 0 Å². The largest absolute Gasteiger partial charge is 0.355 e. The third kappa shape index (κ3) is 2.91. The Bertz CT molecular complexity index is 292. The lowest BCUT2D eigenvalue weighted by molar-refractivity contribution is -0.133. The molecule has 0 aromatic carbocycles. The van der Waals surface area contributed by atoms with E-state index in [1.807, 2.05) is 0 Å². The number of amides is 1. The second kappa shape index (κ2) is 5.58. The van der Waals surface area contributed by atoms with Gasteiger partial charge in [-0.15, -0.1) is 0 Å². The maximum absolute atomic E-state index is 11.9. The Kier molecular flexibility index (Phi) is 4.67. The first-order valence-electron chi connectivity index (χ1n) is 5.76. The smallest absolute Gasteiger partial charge is 0.240 e.